The van der Waals surface area contributed by atoms with Crippen LogP contribution < -0.4 is 10.6 Å². The second-order valence-electron chi connectivity index (χ2n) is 6.05. The Morgan fingerprint density at radius 2 is 2.06 bits per heavy atom. The number of nitrogens with zero attached hydrogens (tertiary/aromatic N) is 1. The van der Waals surface area contributed by atoms with Crippen LogP contribution in [0.25, 0.3) is 0 Å². The molecule has 1 amide bonds. The molecular weight excluding hydrogens is 224 g/mol. The molecule has 0 aromatic heterocycles. The molecule has 0 spiro atoms. The van der Waals surface area contributed by atoms with Crippen molar-refractivity contribution in [2.75, 3.05) is 11.4 Å². The average molecular weight is 246 g/mol. The molecule has 1 aliphatic heterocycles. The molecule has 1 unspecified atom stereocenters. The first kappa shape index (κ1) is 13.1. The Kier molecular flexibility index (Phi) is 3.20. The maximum absolute atomic E-state index is 11.8. The van der Waals surface area contributed by atoms with E-state index in [1.807, 2.05) is 17.9 Å². The molecule has 1 heterocycles. The predicted octanol–water partition coefficient (Wildman–Crippen LogP) is 2.64. The van der Waals surface area contributed by atoms with E-state index in [1.54, 1.807) is 0 Å². The van der Waals surface area contributed by atoms with Crippen molar-refractivity contribution < 1.29 is 4.79 Å². The number of carbonyl (C=O) groups is 1. The molecule has 0 saturated heterocycles. The maximum Gasteiger partial charge on any atom is 0.231 e. The van der Waals surface area contributed by atoms with Crippen LogP contribution >= 0.6 is 0 Å². The summed E-state index contributed by atoms with van der Waals surface area (Å²) in [5.74, 6) is 0.189. The van der Waals surface area contributed by atoms with Gasteiger partial charge in [0.2, 0.25) is 5.91 Å². The highest BCUT2D eigenvalue weighted by Gasteiger charge is 2.28. The fourth-order valence-corrected chi connectivity index (χ4v) is 2.44. The highest BCUT2D eigenvalue weighted by molar-refractivity contribution is 6.01. The average Bonchev–Trinajstić information content (AvgIpc) is 2.60. The highest BCUT2D eigenvalue weighted by Crippen LogP contribution is 2.35. The number of amides is 1. The van der Waals surface area contributed by atoms with Gasteiger partial charge in [-0.25, -0.2) is 0 Å². The number of rotatable bonds is 2. The van der Waals surface area contributed by atoms with Gasteiger partial charge in [-0.15, -0.1) is 0 Å². The van der Waals surface area contributed by atoms with Crippen molar-refractivity contribution in [1.82, 2.24) is 0 Å². The molecule has 18 heavy (non-hydrogen) atoms. The minimum atomic E-state index is -0.00595. The molecule has 1 aromatic carbocycles. The van der Waals surface area contributed by atoms with Gasteiger partial charge in [0, 0.05) is 18.3 Å². The minimum absolute atomic E-state index is 0.00595. The number of hydrogen-bond acceptors (Lipinski definition) is 2. The number of likely N-dealkylation sites (N-methyl/N-ethyl adjacent to an activating group) is 1. The zero-order valence-electron chi connectivity index (χ0n) is 11.7. The molecule has 3 nitrogen and oxygen atoms in total. The molecule has 0 radical (unpaired) electrons. The Morgan fingerprint density at radius 1 is 1.39 bits per heavy atom. The van der Waals surface area contributed by atoms with Gasteiger partial charge >= 0.3 is 0 Å². The molecule has 0 aliphatic carbocycles. The smallest absolute Gasteiger partial charge is 0.231 e. The summed E-state index contributed by atoms with van der Waals surface area (Å²) in [6, 6.07) is 6.17. The Hall–Kier alpha value is -1.35. The van der Waals surface area contributed by atoms with Gasteiger partial charge in [0.1, 0.15) is 0 Å². The third kappa shape index (κ3) is 2.15. The molecule has 1 aromatic rings. The van der Waals surface area contributed by atoms with Gasteiger partial charge in [-0.1, -0.05) is 32.9 Å². The molecular formula is C15H22N2O. The van der Waals surface area contributed by atoms with E-state index in [0.29, 0.717) is 6.42 Å². The number of carbonyl (C=O) groups excluding carboxylic acids is 1. The summed E-state index contributed by atoms with van der Waals surface area (Å²) in [7, 11) is 0. The Morgan fingerprint density at radius 3 is 2.61 bits per heavy atom. The summed E-state index contributed by atoms with van der Waals surface area (Å²) >= 11 is 0. The number of anilines is 1. The maximum atomic E-state index is 11.8. The Bertz CT molecular complexity index is 474. The van der Waals surface area contributed by atoms with Crippen molar-refractivity contribution >= 4 is 11.6 Å². The Balaban J connectivity index is 2.36. The van der Waals surface area contributed by atoms with E-state index in [0.717, 1.165) is 23.4 Å². The SMILES string of the molecule is CCN1C(=O)Cc2cc(C(N)C(C)(C)C)ccc21. The topological polar surface area (TPSA) is 46.3 Å². The largest absolute Gasteiger partial charge is 0.324 e. The second-order valence-corrected chi connectivity index (χ2v) is 6.05. The summed E-state index contributed by atoms with van der Waals surface area (Å²) < 4.78 is 0. The monoisotopic (exact) mass is 246 g/mol. The van der Waals surface area contributed by atoms with Crippen molar-refractivity contribution in [2.24, 2.45) is 11.1 Å². The molecule has 0 saturated carbocycles. The van der Waals surface area contributed by atoms with E-state index in [-0.39, 0.29) is 17.4 Å². The molecule has 2 rings (SSSR count). The van der Waals surface area contributed by atoms with Crippen molar-refractivity contribution in [3.05, 3.63) is 29.3 Å². The standard InChI is InChI=1S/C15H22N2O/c1-5-17-12-7-6-10(14(16)15(2,3)4)8-11(12)9-13(17)18/h6-8,14H,5,9,16H2,1-4H3. The van der Waals surface area contributed by atoms with Gasteiger partial charge in [0.25, 0.3) is 0 Å². The Labute approximate surface area is 109 Å². The lowest BCUT2D eigenvalue weighted by Crippen LogP contribution is -2.26. The van der Waals surface area contributed by atoms with Gasteiger partial charge in [0.15, 0.2) is 0 Å². The van der Waals surface area contributed by atoms with Crippen LogP contribution in [0.1, 0.15) is 44.9 Å². The van der Waals surface area contributed by atoms with Crippen LogP contribution in [0.3, 0.4) is 0 Å². The minimum Gasteiger partial charge on any atom is -0.324 e. The molecule has 1 aliphatic rings. The van der Waals surface area contributed by atoms with Gasteiger partial charge < -0.3 is 10.6 Å². The van der Waals surface area contributed by atoms with Crippen molar-refractivity contribution in [2.45, 2.75) is 40.2 Å². The first-order chi connectivity index (χ1) is 8.34. The molecule has 98 valence electrons. The fourth-order valence-electron chi connectivity index (χ4n) is 2.44. The van der Waals surface area contributed by atoms with Crippen LogP contribution in [0.15, 0.2) is 18.2 Å². The molecule has 3 heteroatoms. The van der Waals surface area contributed by atoms with E-state index >= 15 is 0 Å². The summed E-state index contributed by atoms with van der Waals surface area (Å²) in [6.45, 7) is 9.13. The van der Waals surface area contributed by atoms with Gasteiger partial charge in [-0.2, -0.15) is 0 Å². The summed E-state index contributed by atoms with van der Waals surface area (Å²) in [5.41, 5.74) is 9.57. The van der Waals surface area contributed by atoms with Crippen LogP contribution in [0.2, 0.25) is 0 Å². The summed E-state index contributed by atoms with van der Waals surface area (Å²) in [5, 5.41) is 0. The molecule has 0 fully saturated rings. The van der Waals surface area contributed by atoms with Crippen LogP contribution in [0.4, 0.5) is 5.69 Å². The van der Waals surface area contributed by atoms with Crippen LogP contribution in [-0.4, -0.2) is 12.5 Å². The number of hydrogen-bond donors (Lipinski definition) is 1. The number of nitrogens with two attached hydrogens (primary N) is 1. The lowest BCUT2D eigenvalue weighted by atomic mass is 9.82. The normalized spacial score (nSPS) is 16.9. The predicted molar refractivity (Wildman–Crippen MR) is 74.6 cm³/mol. The van der Waals surface area contributed by atoms with Crippen molar-refractivity contribution in [3.8, 4) is 0 Å². The number of benzene rings is 1. The molecule has 0 bridgehead atoms. The van der Waals surface area contributed by atoms with Gasteiger partial charge in [0.05, 0.1) is 6.42 Å². The van der Waals surface area contributed by atoms with E-state index in [2.05, 4.69) is 32.9 Å². The number of fused-ring (bicyclic) bond motifs is 1. The van der Waals surface area contributed by atoms with Crippen LogP contribution in [-0.2, 0) is 11.2 Å². The first-order valence-corrected chi connectivity index (χ1v) is 6.53. The quantitative estimate of drug-likeness (QED) is 0.872. The van der Waals surface area contributed by atoms with E-state index < -0.39 is 0 Å². The zero-order valence-corrected chi connectivity index (χ0v) is 11.7. The zero-order chi connectivity index (χ0) is 13.5. The van der Waals surface area contributed by atoms with E-state index in [1.165, 1.54) is 0 Å². The van der Waals surface area contributed by atoms with Gasteiger partial charge in [-0.3, -0.25) is 4.79 Å². The third-order valence-electron chi connectivity index (χ3n) is 3.65. The molecule has 2 N–H and O–H groups in total. The van der Waals surface area contributed by atoms with E-state index in [9.17, 15) is 4.79 Å². The second kappa shape index (κ2) is 4.39. The van der Waals surface area contributed by atoms with Gasteiger partial charge in [-0.05, 0) is 29.5 Å². The van der Waals surface area contributed by atoms with E-state index in [4.69, 9.17) is 5.73 Å². The fraction of sp³-hybridized carbons (Fsp3) is 0.533. The lowest BCUT2D eigenvalue weighted by molar-refractivity contribution is -0.117. The third-order valence-corrected chi connectivity index (χ3v) is 3.65. The van der Waals surface area contributed by atoms with Crippen molar-refractivity contribution in [1.29, 1.82) is 0 Å². The lowest BCUT2D eigenvalue weighted by Gasteiger charge is -2.28. The highest BCUT2D eigenvalue weighted by atomic mass is 16.2. The van der Waals surface area contributed by atoms with Crippen LogP contribution in [0.5, 0.6) is 0 Å². The van der Waals surface area contributed by atoms with Crippen molar-refractivity contribution in [3.63, 3.8) is 0 Å². The van der Waals surface area contributed by atoms with Crippen LogP contribution in [0, 0.1) is 5.41 Å². The first-order valence-electron chi connectivity index (χ1n) is 6.53. The molecule has 1 atom stereocenters. The summed E-state index contributed by atoms with van der Waals surface area (Å²) in [4.78, 5) is 13.7. The summed E-state index contributed by atoms with van der Waals surface area (Å²) in [6.07, 6.45) is 0.508.